The molecule has 2 fully saturated rings. The van der Waals surface area contributed by atoms with E-state index in [1.807, 2.05) is 12.3 Å². The van der Waals surface area contributed by atoms with E-state index in [9.17, 15) is 4.39 Å². The number of rotatable bonds is 2. The lowest BCUT2D eigenvalue weighted by atomic mass is 9.78. The third-order valence-electron chi connectivity index (χ3n) is 4.75. The summed E-state index contributed by atoms with van der Waals surface area (Å²) in [5, 5.41) is 0. The van der Waals surface area contributed by atoms with Gasteiger partial charge in [-0.2, -0.15) is 4.39 Å². The zero-order valence-electron chi connectivity index (χ0n) is 11.2. The number of hydrogen-bond donors (Lipinski definition) is 0. The summed E-state index contributed by atoms with van der Waals surface area (Å²) in [6, 6.07) is 7.49. The van der Waals surface area contributed by atoms with Gasteiger partial charge in [0.25, 0.3) is 0 Å². The average molecular weight is 269 g/mol. The van der Waals surface area contributed by atoms with Crippen molar-refractivity contribution < 1.29 is 4.39 Å². The molecule has 102 valence electrons. The molecule has 3 nitrogen and oxygen atoms in total. The minimum Gasteiger partial charge on any atom is -0.302 e. The van der Waals surface area contributed by atoms with Gasteiger partial charge in [-0.25, -0.2) is 4.98 Å². The number of fused-ring (bicyclic) bond motifs is 2. The van der Waals surface area contributed by atoms with E-state index < -0.39 is 5.95 Å². The maximum Gasteiger partial charge on any atom is 0.222 e. The van der Waals surface area contributed by atoms with Crippen molar-refractivity contribution in [2.24, 2.45) is 0 Å². The zero-order valence-corrected chi connectivity index (χ0v) is 11.2. The van der Waals surface area contributed by atoms with Crippen molar-refractivity contribution in [1.82, 2.24) is 14.9 Å². The number of hydrogen-bond acceptors (Lipinski definition) is 3. The molecule has 2 aromatic rings. The lowest BCUT2D eigenvalue weighted by Crippen LogP contribution is -2.24. The van der Waals surface area contributed by atoms with Crippen molar-refractivity contribution in [2.45, 2.75) is 18.3 Å². The lowest BCUT2D eigenvalue weighted by Gasteiger charge is -2.25. The second kappa shape index (κ2) is 4.35. The van der Waals surface area contributed by atoms with Crippen LogP contribution in [0.1, 0.15) is 18.4 Å². The number of nitrogens with zero attached hydrogens (tertiary/aromatic N) is 3. The third-order valence-corrected chi connectivity index (χ3v) is 4.75. The van der Waals surface area contributed by atoms with Crippen LogP contribution in [0.2, 0.25) is 0 Å². The monoisotopic (exact) mass is 269 g/mol. The highest BCUT2D eigenvalue weighted by molar-refractivity contribution is 5.58. The second-order valence-electron chi connectivity index (χ2n) is 5.83. The molecule has 0 N–H and O–H groups in total. The van der Waals surface area contributed by atoms with E-state index in [0.717, 1.165) is 6.54 Å². The summed E-state index contributed by atoms with van der Waals surface area (Å²) in [4.78, 5) is 10.7. The molecule has 0 radical (unpaired) electrons. The first-order chi connectivity index (χ1) is 9.77. The zero-order chi connectivity index (χ0) is 13.6. The topological polar surface area (TPSA) is 29.0 Å². The summed E-state index contributed by atoms with van der Waals surface area (Å²) < 4.78 is 13.7. The smallest absolute Gasteiger partial charge is 0.222 e. The Morgan fingerprint density at radius 2 is 1.95 bits per heavy atom. The molecule has 0 aromatic carbocycles. The minimum absolute atomic E-state index is 0.291. The van der Waals surface area contributed by atoms with Crippen molar-refractivity contribution in [2.75, 3.05) is 19.6 Å². The molecular formula is C16H16FN3. The Labute approximate surface area is 117 Å². The van der Waals surface area contributed by atoms with E-state index >= 15 is 0 Å². The summed E-state index contributed by atoms with van der Waals surface area (Å²) in [6.07, 6.45) is 5.82. The van der Waals surface area contributed by atoms with Gasteiger partial charge in [0.15, 0.2) is 0 Å². The van der Waals surface area contributed by atoms with E-state index in [1.165, 1.54) is 37.7 Å². The fourth-order valence-corrected chi connectivity index (χ4v) is 3.55. The molecule has 20 heavy (non-hydrogen) atoms. The third kappa shape index (κ3) is 1.75. The molecule has 0 spiro atoms. The molecule has 2 bridgehead atoms. The van der Waals surface area contributed by atoms with Gasteiger partial charge in [-0.1, -0.05) is 6.07 Å². The van der Waals surface area contributed by atoms with Gasteiger partial charge < -0.3 is 4.90 Å². The number of pyridine rings is 2. The van der Waals surface area contributed by atoms with Gasteiger partial charge in [-0.3, -0.25) is 4.98 Å². The van der Waals surface area contributed by atoms with Crippen LogP contribution in [0.5, 0.6) is 0 Å². The molecule has 4 heteroatoms. The highest BCUT2D eigenvalue weighted by atomic mass is 19.1. The van der Waals surface area contributed by atoms with E-state index in [-0.39, 0.29) is 0 Å². The Kier molecular flexibility index (Phi) is 2.60. The van der Waals surface area contributed by atoms with Gasteiger partial charge in [0, 0.05) is 24.4 Å². The predicted octanol–water partition coefficient (Wildman–Crippen LogP) is 2.63. The van der Waals surface area contributed by atoms with Crippen LogP contribution in [-0.2, 0) is 5.41 Å². The maximum atomic E-state index is 13.7. The van der Waals surface area contributed by atoms with Crippen molar-refractivity contribution in [3.8, 4) is 11.3 Å². The molecule has 0 saturated carbocycles. The molecule has 4 rings (SSSR count). The maximum absolute atomic E-state index is 13.7. The van der Waals surface area contributed by atoms with Crippen LogP contribution < -0.4 is 0 Å². The lowest BCUT2D eigenvalue weighted by molar-refractivity contribution is 0.364. The van der Waals surface area contributed by atoms with Crippen LogP contribution in [0.15, 0.2) is 36.7 Å². The van der Waals surface area contributed by atoms with Crippen LogP contribution in [0, 0.1) is 5.95 Å². The molecule has 0 aliphatic carbocycles. The fraction of sp³-hybridized carbons (Fsp3) is 0.375. The number of aromatic nitrogens is 2. The van der Waals surface area contributed by atoms with Crippen molar-refractivity contribution in [3.63, 3.8) is 0 Å². The highest BCUT2D eigenvalue weighted by Crippen LogP contribution is 2.43. The Bertz CT molecular complexity index is 630. The molecule has 2 saturated heterocycles. The van der Waals surface area contributed by atoms with E-state index in [1.54, 1.807) is 12.1 Å². The molecular weight excluding hydrogens is 253 g/mol. The molecule has 0 unspecified atom stereocenters. The minimum atomic E-state index is -0.459. The quantitative estimate of drug-likeness (QED) is 0.785. The molecule has 0 atom stereocenters. The van der Waals surface area contributed by atoms with E-state index in [0.29, 0.717) is 16.7 Å². The van der Waals surface area contributed by atoms with Crippen LogP contribution in [0.3, 0.4) is 0 Å². The first-order valence-electron chi connectivity index (χ1n) is 7.07. The van der Waals surface area contributed by atoms with Gasteiger partial charge in [0.1, 0.15) is 0 Å². The van der Waals surface area contributed by atoms with Gasteiger partial charge in [0.05, 0.1) is 11.3 Å². The van der Waals surface area contributed by atoms with Gasteiger partial charge in [0.2, 0.25) is 5.95 Å². The highest BCUT2D eigenvalue weighted by Gasteiger charge is 2.44. The predicted molar refractivity (Wildman–Crippen MR) is 74.8 cm³/mol. The van der Waals surface area contributed by atoms with Crippen molar-refractivity contribution >= 4 is 0 Å². The summed E-state index contributed by atoms with van der Waals surface area (Å²) in [7, 11) is 0. The summed E-state index contributed by atoms with van der Waals surface area (Å²) in [5.74, 6) is -0.459. The van der Waals surface area contributed by atoms with Gasteiger partial charge in [-0.05, 0) is 49.7 Å². The summed E-state index contributed by atoms with van der Waals surface area (Å²) in [5.41, 5.74) is 2.71. The van der Waals surface area contributed by atoms with E-state index in [2.05, 4.69) is 20.9 Å². The SMILES string of the molecule is Fc1ncccc1-c1ccc(C23CCN(CC2)C3)cn1. The largest absolute Gasteiger partial charge is 0.302 e. The molecule has 2 aromatic heterocycles. The Morgan fingerprint density at radius 3 is 2.55 bits per heavy atom. The Hall–Kier alpha value is -1.81. The van der Waals surface area contributed by atoms with Crippen LogP contribution in [0.4, 0.5) is 4.39 Å². The standard InChI is InChI=1S/C16H16FN3/c17-15-13(2-1-7-18-15)14-4-3-12(10-19-14)16-5-8-20(11-16)9-6-16/h1-4,7,10H,5-6,8-9,11H2. The second-order valence-corrected chi connectivity index (χ2v) is 5.83. The summed E-state index contributed by atoms with van der Waals surface area (Å²) >= 11 is 0. The molecule has 0 amide bonds. The van der Waals surface area contributed by atoms with Crippen LogP contribution in [-0.4, -0.2) is 34.5 Å². The van der Waals surface area contributed by atoms with Gasteiger partial charge >= 0.3 is 0 Å². The first kappa shape index (κ1) is 12.0. The van der Waals surface area contributed by atoms with Crippen molar-refractivity contribution in [3.05, 3.63) is 48.2 Å². The van der Waals surface area contributed by atoms with E-state index in [4.69, 9.17) is 0 Å². The Balaban J connectivity index is 1.68. The van der Waals surface area contributed by atoms with Crippen LogP contribution >= 0.6 is 0 Å². The number of halogens is 1. The average Bonchev–Trinajstić information content (AvgIpc) is 3.10. The normalized spacial score (nSPS) is 27.9. The molecule has 2 aliphatic rings. The van der Waals surface area contributed by atoms with Crippen LogP contribution in [0.25, 0.3) is 11.3 Å². The summed E-state index contributed by atoms with van der Waals surface area (Å²) in [6.45, 7) is 3.53. The Morgan fingerprint density at radius 1 is 1.10 bits per heavy atom. The van der Waals surface area contributed by atoms with Crippen molar-refractivity contribution in [1.29, 1.82) is 0 Å². The van der Waals surface area contributed by atoms with Gasteiger partial charge in [-0.15, -0.1) is 0 Å². The first-order valence-corrected chi connectivity index (χ1v) is 7.07. The number of piperidine rings is 1. The fourth-order valence-electron chi connectivity index (χ4n) is 3.55. The molecule has 4 heterocycles. The molecule has 2 aliphatic heterocycles.